The predicted molar refractivity (Wildman–Crippen MR) is 134 cm³/mol. The van der Waals surface area contributed by atoms with Crippen LogP contribution in [0.3, 0.4) is 0 Å². The number of carbonyl (C=O) groups excluding carboxylic acids is 2. The normalized spacial score (nSPS) is 19.4. The first-order valence-electron chi connectivity index (χ1n) is 12.5. The molecule has 11 nitrogen and oxygen atoms in total. The molecule has 5 rings (SSSR count). The summed E-state index contributed by atoms with van der Waals surface area (Å²) in [4.78, 5) is 38.7. The molecule has 3 aromatic rings. The van der Waals surface area contributed by atoms with Gasteiger partial charge in [-0.3, -0.25) is 9.59 Å². The number of halogens is 1. The molecule has 12 heteroatoms. The molecule has 2 aromatic heterocycles. The number of likely N-dealkylation sites (tertiary alicyclic amines) is 1. The minimum Gasteiger partial charge on any atom is -0.494 e. The number of hydrogen-bond donors (Lipinski definition) is 4. The first kappa shape index (κ1) is 25.9. The van der Waals surface area contributed by atoms with E-state index >= 15 is 0 Å². The highest BCUT2D eigenvalue weighted by Crippen LogP contribution is 2.39. The minimum absolute atomic E-state index is 0.0278. The number of amides is 2. The van der Waals surface area contributed by atoms with E-state index in [1.165, 1.54) is 30.5 Å². The van der Waals surface area contributed by atoms with E-state index < -0.39 is 36.4 Å². The maximum atomic E-state index is 14.6. The molecule has 202 valence electrons. The highest BCUT2D eigenvalue weighted by molar-refractivity contribution is 6.09. The van der Waals surface area contributed by atoms with Crippen molar-refractivity contribution in [1.82, 2.24) is 25.2 Å². The smallest absolute Gasteiger partial charge is 0.255 e. The number of fused-ring (bicyclic) bond motifs is 1. The number of aliphatic hydroxyl groups is 2. The number of benzene rings is 1. The quantitative estimate of drug-likeness (QED) is 0.345. The van der Waals surface area contributed by atoms with Gasteiger partial charge >= 0.3 is 0 Å². The van der Waals surface area contributed by atoms with Gasteiger partial charge in [-0.25, -0.2) is 14.4 Å². The van der Waals surface area contributed by atoms with Gasteiger partial charge in [0.25, 0.3) is 5.91 Å². The van der Waals surface area contributed by atoms with Gasteiger partial charge in [-0.2, -0.15) is 0 Å². The van der Waals surface area contributed by atoms with E-state index in [0.717, 1.165) is 12.8 Å². The van der Waals surface area contributed by atoms with Crippen LogP contribution < -0.4 is 14.8 Å². The van der Waals surface area contributed by atoms with Crippen LogP contribution in [0, 0.1) is 18.7 Å². The van der Waals surface area contributed by atoms with Gasteiger partial charge in [0, 0.05) is 30.4 Å². The van der Waals surface area contributed by atoms with E-state index in [-0.39, 0.29) is 24.3 Å². The van der Waals surface area contributed by atoms with Gasteiger partial charge in [0.1, 0.15) is 29.9 Å². The van der Waals surface area contributed by atoms with E-state index in [9.17, 15) is 24.2 Å². The van der Waals surface area contributed by atoms with Crippen LogP contribution in [-0.2, 0) is 4.79 Å². The van der Waals surface area contributed by atoms with Crippen LogP contribution in [0.2, 0.25) is 0 Å². The van der Waals surface area contributed by atoms with Gasteiger partial charge in [0.15, 0.2) is 11.6 Å². The first-order valence-corrected chi connectivity index (χ1v) is 12.5. The van der Waals surface area contributed by atoms with Crippen LogP contribution in [0.5, 0.6) is 11.5 Å². The molecule has 0 spiro atoms. The van der Waals surface area contributed by atoms with E-state index in [2.05, 4.69) is 20.3 Å². The lowest BCUT2D eigenvalue weighted by Gasteiger charge is -2.36. The van der Waals surface area contributed by atoms with Crippen LogP contribution in [0.25, 0.3) is 22.3 Å². The predicted octanol–water partition coefficient (Wildman–Crippen LogP) is 1.55. The average Bonchev–Trinajstić information content (AvgIpc) is 3.67. The van der Waals surface area contributed by atoms with Crippen molar-refractivity contribution in [3.05, 3.63) is 35.5 Å². The van der Waals surface area contributed by atoms with Gasteiger partial charge in [-0.15, -0.1) is 0 Å². The highest BCUT2D eigenvalue weighted by Gasteiger charge is 2.33. The Morgan fingerprint density at radius 1 is 1.24 bits per heavy atom. The van der Waals surface area contributed by atoms with Crippen molar-refractivity contribution in [2.45, 2.75) is 38.3 Å². The van der Waals surface area contributed by atoms with Crippen molar-refractivity contribution in [3.8, 4) is 22.8 Å². The van der Waals surface area contributed by atoms with Crippen molar-refractivity contribution in [2.75, 3.05) is 33.4 Å². The summed E-state index contributed by atoms with van der Waals surface area (Å²) >= 11 is 0. The van der Waals surface area contributed by atoms with Gasteiger partial charge in [0.05, 0.1) is 36.9 Å². The number of aromatic nitrogens is 3. The Hall–Kier alpha value is -3.77. The van der Waals surface area contributed by atoms with Gasteiger partial charge in [-0.05, 0) is 38.2 Å². The molecule has 1 aromatic carbocycles. The van der Waals surface area contributed by atoms with Crippen LogP contribution in [0.15, 0.2) is 18.5 Å². The molecule has 1 aliphatic heterocycles. The zero-order valence-electron chi connectivity index (χ0n) is 21.2. The summed E-state index contributed by atoms with van der Waals surface area (Å²) in [5.41, 5.74) is 2.48. The lowest BCUT2D eigenvalue weighted by Crippen LogP contribution is -2.56. The van der Waals surface area contributed by atoms with Gasteiger partial charge in [0.2, 0.25) is 5.91 Å². The molecular weight excluding hydrogens is 497 g/mol. The SMILES string of the molecule is COc1cc(-c2ncnc3c(C(=O)N[C@H]4CN(C(=O)CO)CC[C@H]4O)c(C)[nH]c23)c(OCC2CC2)cc1F. The summed E-state index contributed by atoms with van der Waals surface area (Å²) in [6, 6.07) is 2.07. The van der Waals surface area contributed by atoms with Crippen LogP contribution in [0.4, 0.5) is 4.39 Å². The number of rotatable bonds is 8. The lowest BCUT2D eigenvalue weighted by molar-refractivity contribution is -0.136. The molecule has 2 aliphatic rings. The van der Waals surface area contributed by atoms with Crippen molar-refractivity contribution >= 4 is 22.8 Å². The van der Waals surface area contributed by atoms with Crippen LogP contribution >= 0.6 is 0 Å². The minimum atomic E-state index is -0.852. The summed E-state index contributed by atoms with van der Waals surface area (Å²) < 4.78 is 25.7. The van der Waals surface area contributed by atoms with Crippen molar-refractivity contribution in [3.63, 3.8) is 0 Å². The summed E-state index contributed by atoms with van der Waals surface area (Å²) in [5.74, 6) is -0.726. The average molecular weight is 528 g/mol. The Morgan fingerprint density at radius 3 is 2.74 bits per heavy atom. The number of ether oxygens (including phenoxy) is 2. The second-order valence-electron chi connectivity index (χ2n) is 9.74. The number of carbonyl (C=O) groups is 2. The molecule has 1 aliphatic carbocycles. The Balaban J connectivity index is 1.49. The van der Waals surface area contributed by atoms with E-state index in [4.69, 9.17) is 9.47 Å². The number of hydrogen-bond acceptors (Lipinski definition) is 8. The summed E-state index contributed by atoms with van der Waals surface area (Å²) in [6.45, 7) is 1.91. The number of aromatic amines is 1. The van der Waals surface area contributed by atoms with E-state index in [1.807, 2.05) is 0 Å². The third-order valence-electron chi connectivity index (χ3n) is 7.06. The van der Waals surface area contributed by atoms with E-state index in [1.54, 1.807) is 6.92 Å². The molecule has 2 fully saturated rings. The number of nitrogens with zero attached hydrogens (tertiary/aromatic N) is 3. The first-order chi connectivity index (χ1) is 18.3. The fourth-order valence-electron chi connectivity index (χ4n) is 4.74. The number of aliphatic hydroxyl groups excluding tert-OH is 2. The largest absolute Gasteiger partial charge is 0.494 e. The molecule has 1 saturated carbocycles. The van der Waals surface area contributed by atoms with E-state index in [0.29, 0.717) is 52.8 Å². The number of methoxy groups -OCH3 is 1. The molecule has 4 N–H and O–H groups in total. The number of H-pyrrole nitrogens is 1. The molecule has 2 amide bonds. The maximum absolute atomic E-state index is 14.6. The van der Waals surface area contributed by atoms with Crippen LogP contribution in [-0.4, -0.2) is 87.4 Å². The summed E-state index contributed by atoms with van der Waals surface area (Å²) in [7, 11) is 1.37. The highest BCUT2D eigenvalue weighted by atomic mass is 19.1. The molecular formula is C26H30FN5O6. The molecule has 2 atom stereocenters. The zero-order chi connectivity index (χ0) is 27.0. The fraction of sp³-hybridized carbons (Fsp3) is 0.462. The Labute approximate surface area is 218 Å². The number of piperidine rings is 1. The second-order valence-corrected chi connectivity index (χ2v) is 9.74. The summed E-state index contributed by atoms with van der Waals surface area (Å²) in [5, 5.41) is 22.4. The van der Waals surface area contributed by atoms with Crippen LogP contribution in [0.1, 0.15) is 35.3 Å². The third kappa shape index (κ3) is 5.01. The number of nitrogens with one attached hydrogen (secondary N) is 2. The molecule has 0 radical (unpaired) electrons. The zero-order valence-corrected chi connectivity index (χ0v) is 21.2. The standard InChI is InChI=1S/C26H30FN5O6/c1-13-22(26(36)31-17-9-32(21(35)10-33)6-5-18(17)34)24-25(30-13)23(28-12-29-24)15-7-20(37-2)16(27)8-19(15)38-11-14-3-4-14/h7-8,12,14,17-18,30,33-34H,3-6,9-11H2,1-2H3,(H,31,36)/t17-,18+/m0/s1. The maximum Gasteiger partial charge on any atom is 0.255 e. The Kier molecular flexibility index (Phi) is 7.17. The molecule has 0 unspecified atom stereocenters. The third-order valence-corrected chi connectivity index (χ3v) is 7.06. The fourth-order valence-corrected chi connectivity index (χ4v) is 4.74. The molecule has 3 heterocycles. The van der Waals surface area contributed by atoms with Crippen molar-refractivity contribution in [2.24, 2.45) is 5.92 Å². The summed E-state index contributed by atoms with van der Waals surface area (Å²) in [6.07, 6.45) is 2.88. The lowest BCUT2D eigenvalue weighted by atomic mass is 10.0. The second kappa shape index (κ2) is 10.5. The molecule has 1 saturated heterocycles. The monoisotopic (exact) mass is 527 g/mol. The Bertz CT molecular complexity index is 1370. The van der Waals surface area contributed by atoms with Gasteiger partial charge in [-0.1, -0.05) is 0 Å². The van der Waals surface area contributed by atoms with Crippen molar-refractivity contribution < 1.29 is 33.7 Å². The molecule has 0 bridgehead atoms. The van der Waals surface area contributed by atoms with Crippen molar-refractivity contribution in [1.29, 1.82) is 0 Å². The van der Waals surface area contributed by atoms with Gasteiger partial charge < -0.3 is 34.9 Å². The topological polar surface area (TPSA) is 150 Å². The number of aryl methyl sites for hydroxylation is 1. The molecule has 38 heavy (non-hydrogen) atoms. The Morgan fingerprint density at radius 2 is 2.03 bits per heavy atom.